The quantitative estimate of drug-likeness (QED) is 0.286. The third-order valence-electron chi connectivity index (χ3n) is 3.42. The van der Waals surface area contributed by atoms with Crippen LogP contribution in [0.2, 0.25) is 0 Å². The molecule has 0 rings (SSSR count). The summed E-state index contributed by atoms with van der Waals surface area (Å²) < 4.78 is 0. The third-order valence-corrected chi connectivity index (χ3v) is 5.49. The predicted octanol–water partition coefficient (Wildman–Crippen LogP) is 3.29. The molecule has 6 heteroatoms. The fourth-order valence-electron chi connectivity index (χ4n) is 2.03. The van der Waals surface area contributed by atoms with Gasteiger partial charge in [-0.2, -0.15) is 50.5 Å². The average Bonchev–Trinajstić information content (AvgIpc) is 2.41. The molecule has 4 unspecified atom stereocenters. The summed E-state index contributed by atoms with van der Waals surface area (Å²) >= 11 is 18.1. The predicted molar refractivity (Wildman–Crippen MR) is 102 cm³/mol. The number of hydrogen-bond donors (Lipinski definition) is 6. The molecule has 0 amide bonds. The van der Waals surface area contributed by atoms with Crippen molar-refractivity contribution in [1.29, 1.82) is 0 Å². The van der Waals surface area contributed by atoms with E-state index in [1.54, 1.807) is 0 Å². The van der Waals surface area contributed by atoms with Gasteiger partial charge >= 0.3 is 0 Å². The molecule has 20 heavy (non-hydrogen) atoms. The minimum absolute atomic E-state index is 0.211. The molecule has 0 spiro atoms. The van der Waals surface area contributed by atoms with Crippen molar-refractivity contribution in [3.8, 4) is 0 Å². The summed E-state index contributed by atoms with van der Waals surface area (Å²) in [5.74, 6) is 0. The average molecular weight is 359 g/mol. The number of aliphatic hydroxyl groups is 2. The molecule has 122 valence electrons. The van der Waals surface area contributed by atoms with Crippen LogP contribution in [0.3, 0.4) is 0 Å². The third kappa shape index (κ3) is 13.0. The van der Waals surface area contributed by atoms with Gasteiger partial charge in [0.2, 0.25) is 0 Å². The minimum Gasteiger partial charge on any atom is -0.396 e. The van der Waals surface area contributed by atoms with E-state index in [2.05, 4.69) is 50.5 Å². The molecule has 0 heterocycles. The van der Waals surface area contributed by atoms with Crippen molar-refractivity contribution >= 4 is 50.5 Å². The molecule has 0 radical (unpaired) electrons. The Kier molecular flexibility index (Phi) is 14.9. The van der Waals surface area contributed by atoms with Crippen LogP contribution < -0.4 is 0 Å². The van der Waals surface area contributed by atoms with Crippen molar-refractivity contribution in [3.05, 3.63) is 0 Å². The van der Waals surface area contributed by atoms with E-state index in [0.717, 1.165) is 51.4 Å². The molecule has 0 saturated carbocycles. The number of hydrogen-bond acceptors (Lipinski definition) is 6. The number of rotatable bonds is 13. The summed E-state index contributed by atoms with van der Waals surface area (Å²) in [4.78, 5) is 0. The molecule has 0 aromatic carbocycles. The van der Waals surface area contributed by atoms with E-state index in [-0.39, 0.29) is 23.7 Å². The van der Waals surface area contributed by atoms with Gasteiger partial charge in [-0.3, -0.25) is 0 Å². The Bertz CT molecular complexity index is 197. The highest BCUT2D eigenvalue weighted by Crippen LogP contribution is 2.22. The lowest BCUT2D eigenvalue weighted by Crippen LogP contribution is -2.11. The summed E-state index contributed by atoms with van der Waals surface area (Å²) in [6.07, 6.45) is 7.73. The molecule has 2 N–H and O–H groups in total. The number of thiol groups is 4. The van der Waals surface area contributed by atoms with Crippen LogP contribution in [0.1, 0.15) is 51.4 Å². The highest BCUT2D eigenvalue weighted by atomic mass is 32.1. The fourth-order valence-corrected chi connectivity index (χ4v) is 3.16. The van der Waals surface area contributed by atoms with Crippen molar-refractivity contribution in [2.45, 2.75) is 72.4 Å². The molecular weight excluding hydrogens is 328 g/mol. The van der Waals surface area contributed by atoms with Gasteiger partial charge in [0.15, 0.2) is 0 Å². The van der Waals surface area contributed by atoms with Gasteiger partial charge in [-0.1, -0.05) is 0 Å². The second kappa shape index (κ2) is 13.9. The van der Waals surface area contributed by atoms with Crippen molar-refractivity contribution in [2.75, 3.05) is 13.2 Å². The normalized spacial score (nSPS) is 17.7. The largest absolute Gasteiger partial charge is 0.396 e. The molecule has 2 nitrogen and oxygen atoms in total. The van der Waals surface area contributed by atoms with Gasteiger partial charge in [0.25, 0.3) is 0 Å². The second-order valence-electron chi connectivity index (χ2n) is 5.37. The van der Waals surface area contributed by atoms with Crippen LogP contribution in [0.5, 0.6) is 0 Å². The highest BCUT2D eigenvalue weighted by Gasteiger charge is 2.12. The van der Waals surface area contributed by atoms with Crippen LogP contribution in [0.4, 0.5) is 0 Å². The first-order chi connectivity index (χ1) is 9.49. The summed E-state index contributed by atoms with van der Waals surface area (Å²) in [5, 5.41) is 19.0. The van der Waals surface area contributed by atoms with Gasteiger partial charge in [0, 0.05) is 34.2 Å². The first-order valence-electron chi connectivity index (χ1n) is 7.43. The van der Waals surface area contributed by atoms with Crippen LogP contribution in [-0.2, 0) is 0 Å². The van der Waals surface area contributed by atoms with Gasteiger partial charge in [0.1, 0.15) is 0 Å². The second-order valence-corrected chi connectivity index (χ2v) is 8.29. The van der Waals surface area contributed by atoms with E-state index in [9.17, 15) is 0 Å². The maximum atomic E-state index is 8.82. The van der Waals surface area contributed by atoms with Crippen molar-refractivity contribution in [2.24, 2.45) is 0 Å². The van der Waals surface area contributed by atoms with E-state index in [4.69, 9.17) is 10.2 Å². The standard InChI is InChI=1S/C14H30O2S4/c15-9-7-13(19)5-3-11(17)1-2-12(18)4-6-14(20)8-10-16/h11-20H,1-10H2. The lowest BCUT2D eigenvalue weighted by atomic mass is 10.0. The Morgan fingerprint density at radius 2 is 0.650 bits per heavy atom. The van der Waals surface area contributed by atoms with Crippen LogP contribution in [-0.4, -0.2) is 44.4 Å². The SMILES string of the molecule is OCCC(S)CCC(S)CCC(S)CCC(S)CCO. The van der Waals surface area contributed by atoms with Gasteiger partial charge in [-0.15, -0.1) is 0 Å². The zero-order valence-electron chi connectivity index (χ0n) is 12.1. The molecule has 0 bridgehead atoms. The van der Waals surface area contributed by atoms with E-state index in [1.165, 1.54) is 0 Å². The Hall–Kier alpha value is 1.32. The molecule has 0 aromatic heterocycles. The van der Waals surface area contributed by atoms with E-state index in [0.29, 0.717) is 10.5 Å². The van der Waals surface area contributed by atoms with E-state index >= 15 is 0 Å². The fraction of sp³-hybridized carbons (Fsp3) is 1.00. The molecule has 0 saturated heterocycles. The lowest BCUT2D eigenvalue weighted by Gasteiger charge is -2.17. The zero-order chi connectivity index (χ0) is 15.4. The minimum atomic E-state index is 0.211. The zero-order valence-corrected chi connectivity index (χ0v) is 15.6. The highest BCUT2D eigenvalue weighted by molar-refractivity contribution is 7.81. The van der Waals surface area contributed by atoms with Crippen LogP contribution in [0.25, 0.3) is 0 Å². The van der Waals surface area contributed by atoms with Gasteiger partial charge < -0.3 is 10.2 Å². The molecule has 0 aliphatic carbocycles. The van der Waals surface area contributed by atoms with Crippen molar-refractivity contribution in [3.63, 3.8) is 0 Å². The molecule has 0 aliphatic rings. The lowest BCUT2D eigenvalue weighted by molar-refractivity contribution is 0.284. The van der Waals surface area contributed by atoms with Crippen molar-refractivity contribution < 1.29 is 10.2 Å². The summed E-state index contributed by atoms with van der Waals surface area (Å²) in [7, 11) is 0. The Balaban J connectivity index is 3.59. The van der Waals surface area contributed by atoms with Gasteiger partial charge in [-0.25, -0.2) is 0 Å². The molecule has 0 aromatic rings. The first-order valence-corrected chi connectivity index (χ1v) is 9.50. The Morgan fingerprint density at radius 3 is 0.850 bits per heavy atom. The van der Waals surface area contributed by atoms with Gasteiger partial charge in [-0.05, 0) is 51.4 Å². The van der Waals surface area contributed by atoms with Crippen LogP contribution in [0.15, 0.2) is 0 Å². The monoisotopic (exact) mass is 358 g/mol. The summed E-state index contributed by atoms with van der Waals surface area (Å²) in [5.41, 5.74) is 0. The van der Waals surface area contributed by atoms with E-state index < -0.39 is 0 Å². The van der Waals surface area contributed by atoms with Crippen LogP contribution in [0, 0.1) is 0 Å². The Labute approximate surface area is 146 Å². The first kappa shape index (κ1) is 21.3. The van der Waals surface area contributed by atoms with Crippen LogP contribution >= 0.6 is 50.5 Å². The molecular formula is C14H30O2S4. The Morgan fingerprint density at radius 1 is 0.450 bits per heavy atom. The molecule has 4 atom stereocenters. The smallest absolute Gasteiger partial charge is 0.0441 e. The van der Waals surface area contributed by atoms with Gasteiger partial charge in [0.05, 0.1) is 0 Å². The number of aliphatic hydroxyl groups excluding tert-OH is 2. The topological polar surface area (TPSA) is 40.5 Å². The van der Waals surface area contributed by atoms with Crippen molar-refractivity contribution in [1.82, 2.24) is 0 Å². The maximum absolute atomic E-state index is 8.82. The molecule has 0 aliphatic heterocycles. The summed E-state index contributed by atoms with van der Waals surface area (Å²) in [6.45, 7) is 0.422. The maximum Gasteiger partial charge on any atom is 0.0441 e. The molecule has 0 fully saturated rings. The summed E-state index contributed by atoms with van der Waals surface area (Å²) in [6, 6.07) is 0. The van der Waals surface area contributed by atoms with E-state index in [1.807, 2.05) is 0 Å².